The Morgan fingerprint density at radius 2 is 1.77 bits per heavy atom. The van der Waals surface area contributed by atoms with Crippen molar-refractivity contribution in [3.8, 4) is 0 Å². The van der Waals surface area contributed by atoms with Crippen molar-refractivity contribution < 1.29 is 13.9 Å². The molecule has 0 unspecified atom stereocenters. The number of hydrogen-bond donors (Lipinski definition) is 2. The molecule has 35 heavy (non-hydrogen) atoms. The molecular formula is C28H37Cl2FN2O2. The monoisotopic (exact) mass is 522 g/mol. The zero-order valence-corrected chi connectivity index (χ0v) is 22.9. The smallest absolute Gasteiger partial charge is 0.324 e. The van der Waals surface area contributed by atoms with Crippen molar-refractivity contribution in [3.63, 3.8) is 0 Å². The molecule has 0 saturated carbocycles. The Kier molecular flexibility index (Phi) is 8.27. The largest absolute Gasteiger partial charge is 0.459 e. The molecule has 2 aromatic carbocycles. The van der Waals surface area contributed by atoms with Crippen LogP contribution in [0.25, 0.3) is 0 Å². The predicted octanol–water partition coefficient (Wildman–Crippen LogP) is 6.62. The van der Waals surface area contributed by atoms with Crippen LogP contribution in [0.1, 0.15) is 71.4 Å². The highest BCUT2D eigenvalue weighted by atomic mass is 35.5. The van der Waals surface area contributed by atoms with Crippen molar-refractivity contribution in [1.29, 1.82) is 0 Å². The van der Waals surface area contributed by atoms with E-state index < -0.39 is 34.8 Å². The average Bonchev–Trinajstić information content (AvgIpc) is 3.07. The maximum Gasteiger partial charge on any atom is 0.324 e. The van der Waals surface area contributed by atoms with E-state index >= 15 is 4.39 Å². The van der Waals surface area contributed by atoms with E-state index in [1.165, 1.54) is 6.07 Å². The van der Waals surface area contributed by atoms with Crippen molar-refractivity contribution in [3.05, 3.63) is 69.5 Å². The van der Waals surface area contributed by atoms with Crippen molar-refractivity contribution in [2.24, 2.45) is 11.1 Å². The third kappa shape index (κ3) is 5.85. The van der Waals surface area contributed by atoms with Gasteiger partial charge in [-0.05, 0) is 68.0 Å². The molecule has 1 fully saturated rings. The summed E-state index contributed by atoms with van der Waals surface area (Å²) in [7, 11) is 0. The second-order valence-corrected chi connectivity index (χ2v) is 12.2. The molecule has 0 aliphatic carbocycles. The van der Waals surface area contributed by atoms with Crippen molar-refractivity contribution in [2.75, 3.05) is 6.54 Å². The van der Waals surface area contributed by atoms with Crippen LogP contribution in [0.15, 0.2) is 42.5 Å². The molecular weight excluding hydrogens is 486 g/mol. The Bertz CT molecular complexity index is 1070. The van der Waals surface area contributed by atoms with E-state index in [4.69, 9.17) is 33.7 Å². The lowest BCUT2D eigenvalue weighted by Gasteiger charge is -2.42. The number of nitrogens with two attached hydrogens (primary N) is 1. The van der Waals surface area contributed by atoms with Crippen LogP contribution in [0, 0.1) is 11.2 Å². The summed E-state index contributed by atoms with van der Waals surface area (Å²) in [5.41, 5.74) is 6.11. The first-order chi connectivity index (χ1) is 16.2. The quantitative estimate of drug-likeness (QED) is 0.401. The fraction of sp³-hybridized carbons (Fsp3) is 0.536. The summed E-state index contributed by atoms with van der Waals surface area (Å²) in [6.45, 7) is 12.1. The number of nitrogens with one attached hydrogen (secondary N) is 1. The molecule has 0 aromatic heterocycles. The minimum absolute atomic E-state index is 0.0807. The number of carbonyl (C=O) groups excluding carboxylic acids is 1. The van der Waals surface area contributed by atoms with E-state index in [9.17, 15) is 4.79 Å². The first-order valence-corrected chi connectivity index (χ1v) is 12.9. The van der Waals surface area contributed by atoms with Gasteiger partial charge >= 0.3 is 5.97 Å². The lowest BCUT2D eigenvalue weighted by atomic mass is 9.61. The molecule has 7 heteroatoms. The average molecular weight is 524 g/mol. The number of esters is 1. The van der Waals surface area contributed by atoms with Gasteiger partial charge in [-0.15, -0.1) is 0 Å². The summed E-state index contributed by atoms with van der Waals surface area (Å²) < 4.78 is 21.5. The number of carbonyl (C=O) groups is 1. The Balaban J connectivity index is 2.31. The number of ether oxygens (including phenoxy) is 1. The maximum absolute atomic E-state index is 15.7. The summed E-state index contributed by atoms with van der Waals surface area (Å²) in [5, 5.41) is 4.39. The summed E-state index contributed by atoms with van der Waals surface area (Å²) in [6, 6.07) is 11.0. The fourth-order valence-corrected chi connectivity index (χ4v) is 5.63. The van der Waals surface area contributed by atoms with Gasteiger partial charge in [0.15, 0.2) is 0 Å². The zero-order valence-electron chi connectivity index (χ0n) is 21.4. The summed E-state index contributed by atoms with van der Waals surface area (Å²) >= 11 is 12.5. The van der Waals surface area contributed by atoms with Crippen molar-refractivity contribution in [1.82, 2.24) is 5.32 Å². The Labute approximate surface area is 218 Å². The minimum atomic E-state index is -0.951. The fourth-order valence-electron chi connectivity index (χ4n) is 5.27. The van der Waals surface area contributed by atoms with Crippen LogP contribution in [0.4, 0.5) is 4.39 Å². The molecule has 1 aliphatic heterocycles. The number of hydrogen-bond acceptors (Lipinski definition) is 4. The molecule has 1 heterocycles. The third-order valence-corrected chi connectivity index (χ3v) is 7.71. The molecule has 3 N–H and O–H groups in total. The highest BCUT2D eigenvalue weighted by Crippen LogP contribution is 2.52. The Morgan fingerprint density at radius 3 is 2.31 bits per heavy atom. The van der Waals surface area contributed by atoms with Crippen LogP contribution in [0.5, 0.6) is 0 Å². The first-order valence-electron chi connectivity index (χ1n) is 12.1. The van der Waals surface area contributed by atoms with Crippen LogP contribution in [-0.2, 0) is 14.9 Å². The highest BCUT2D eigenvalue weighted by molar-refractivity contribution is 6.30. The van der Waals surface area contributed by atoms with Crippen LogP contribution in [-0.4, -0.2) is 30.2 Å². The van der Waals surface area contributed by atoms with E-state index in [0.29, 0.717) is 22.0 Å². The standard InChI is InChI=1S/C28H37Cl2FN2O2/c1-7-27(5,6)15-22-28(16-32,20-12-11-19(30)14-21(20)31)23(17-9-8-10-18(29)13-17)24(33-22)25(34)35-26(2,3)4/h8-14,22-24,33H,7,15-16,32H2,1-6H3/t22-,23-,24+,28-/m0/s1. The maximum atomic E-state index is 15.7. The molecule has 0 spiro atoms. The van der Waals surface area contributed by atoms with E-state index in [-0.39, 0.29) is 18.0 Å². The Hall–Kier alpha value is -1.66. The number of halogens is 3. The Morgan fingerprint density at radius 1 is 1.11 bits per heavy atom. The molecule has 0 bridgehead atoms. The second kappa shape index (κ2) is 10.4. The van der Waals surface area contributed by atoms with E-state index in [1.54, 1.807) is 18.2 Å². The first kappa shape index (κ1) is 27.9. The van der Waals surface area contributed by atoms with Gasteiger partial charge < -0.3 is 15.8 Å². The summed E-state index contributed by atoms with van der Waals surface area (Å²) in [6.07, 6.45) is 1.59. The van der Waals surface area contributed by atoms with Crippen molar-refractivity contribution >= 4 is 29.2 Å². The predicted molar refractivity (Wildman–Crippen MR) is 142 cm³/mol. The van der Waals surface area contributed by atoms with Gasteiger partial charge in [-0.1, -0.05) is 68.6 Å². The van der Waals surface area contributed by atoms with Gasteiger partial charge in [0.25, 0.3) is 0 Å². The van der Waals surface area contributed by atoms with E-state index in [2.05, 4.69) is 26.1 Å². The summed E-state index contributed by atoms with van der Waals surface area (Å²) in [4.78, 5) is 13.6. The molecule has 3 rings (SSSR count). The van der Waals surface area contributed by atoms with Crippen LogP contribution in [0.2, 0.25) is 10.0 Å². The van der Waals surface area contributed by atoms with E-state index in [0.717, 1.165) is 12.0 Å². The molecule has 4 atom stereocenters. The van der Waals surface area contributed by atoms with Crippen molar-refractivity contribution in [2.45, 2.75) is 83.4 Å². The zero-order chi connectivity index (χ0) is 26.2. The molecule has 0 amide bonds. The minimum Gasteiger partial charge on any atom is -0.459 e. The van der Waals surface area contributed by atoms with Gasteiger partial charge in [0.05, 0.1) is 0 Å². The summed E-state index contributed by atoms with van der Waals surface area (Å²) in [5.74, 6) is -1.36. The molecule has 2 aromatic rings. The lowest BCUT2D eigenvalue weighted by Crippen LogP contribution is -2.50. The van der Waals surface area contributed by atoms with Crippen LogP contribution in [0.3, 0.4) is 0 Å². The number of benzene rings is 2. The van der Waals surface area contributed by atoms with E-state index in [1.807, 2.05) is 39.0 Å². The van der Waals surface area contributed by atoms with Gasteiger partial charge in [-0.2, -0.15) is 0 Å². The second-order valence-electron chi connectivity index (χ2n) is 11.4. The molecule has 0 radical (unpaired) electrons. The normalized spacial score (nSPS) is 25.0. The van der Waals surface area contributed by atoms with Gasteiger partial charge in [0.2, 0.25) is 0 Å². The molecule has 1 aliphatic rings. The molecule has 192 valence electrons. The van der Waals surface area contributed by atoms with Gasteiger partial charge in [-0.3, -0.25) is 4.79 Å². The third-order valence-electron chi connectivity index (χ3n) is 7.24. The van der Waals surface area contributed by atoms with Crippen LogP contribution < -0.4 is 11.1 Å². The topological polar surface area (TPSA) is 64.3 Å². The number of rotatable bonds is 7. The highest BCUT2D eigenvalue weighted by Gasteiger charge is 2.59. The lowest BCUT2D eigenvalue weighted by molar-refractivity contribution is -0.157. The van der Waals surface area contributed by atoms with Crippen LogP contribution >= 0.6 is 23.2 Å². The molecule has 4 nitrogen and oxygen atoms in total. The molecule has 1 saturated heterocycles. The van der Waals surface area contributed by atoms with Gasteiger partial charge in [-0.25, -0.2) is 4.39 Å². The SMILES string of the molecule is CCC(C)(C)C[C@@H]1N[C@@H](C(=O)OC(C)(C)C)[C@H](c2cccc(Cl)c2)[C@@]1(CN)c1ccc(Cl)cc1F. The van der Waals surface area contributed by atoms with Gasteiger partial charge in [0, 0.05) is 34.0 Å². The van der Waals surface area contributed by atoms with Gasteiger partial charge in [0.1, 0.15) is 17.5 Å².